The quantitative estimate of drug-likeness (QED) is 0.116. The molecule has 36 heavy (non-hydrogen) atoms. The van der Waals surface area contributed by atoms with Crippen LogP contribution in [0.4, 0.5) is 0 Å². The predicted octanol–water partition coefficient (Wildman–Crippen LogP) is 10.6. The van der Waals surface area contributed by atoms with Gasteiger partial charge in [0.25, 0.3) is 0 Å². The molecule has 0 N–H and O–H groups in total. The van der Waals surface area contributed by atoms with Gasteiger partial charge in [-0.25, -0.2) is 0 Å². The first-order chi connectivity index (χ1) is 17.7. The summed E-state index contributed by atoms with van der Waals surface area (Å²) in [5.74, 6) is 1.69. The molecule has 0 bridgehead atoms. The average molecular weight is 513 g/mol. The van der Waals surface area contributed by atoms with Gasteiger partial charge in [0, 0.05) is 6.61 Å². The highest BCUT2D eigenvalue weighted by Gasteiger charge is 2.33. The number of hydrogen-bond acceptors (Lipinski definition) is 3. The molecule has 0 saturated heterocycles. The lowest BCUT2D eigenvalue weighted by Crippen LogP contribution is -2.40. The number of ether oxygens (including phenoxy) is 1. The zero-order valence-corrected chi connectivity index (χ0v) is 24.4. The summed E-state index contributed by atoms with van der Waals surface area (Å²) in [5.41, 5.74) is 1.13. The molecule has 0 unspecified atom stereocenters. The monoisotopic (exact) mass is 512 g/mol. The Labute approximate surface area is 223 Å². The minimum atomic E-state index is -2.16. The molecule has 3 nitrogen and oxygen atoms in total. The number of unbranched alkanes of at least 4 members (excludes halogenated alkanes) is 12. The van der Waals surface area contributed by atoms with E-state index in [-0.39, 0.29) is 0 Å². The summed E-state index contributed by atoms with van der Waals surface area (Å²) in [5, 5.41) is 0. The van der Waals surface area contributed by atoms with Gasteiger partial charge in [-0.2, -0.15) is 0 Å². The Hall–Kier alpha value is -1.62. The van der Waals surface area contributed by atoms with E-state index in [1.165, 1.54) is 77.0 Å². The maximum absolute atomic E-state index is 6.49. The third-order valence-corrected chi connectivity index (χ3v) is 10.6. The van der Waals surface area contributed by atoms with Crippen LogP contribution in [-0.4, -0.2) is 15.2 Å². The summed E-state index contributed by atoms with van der Waals surface area (Å²) in [7, 11) is -2.16. The lowest BCUT2D eigenvalue weighted by molar-refractivity contribution is 0.158. The molecule has 4 heteroatoms. The minimum Gasteiger partial charge on any atom is -0.457 e. The summed E-state index contributed by atoms with van der Waals surface area (Å²) in [6.45, 7) is 8.14. The van der Waals surface area contributed by atoms with E-state index in [0.29, 0.717) is 6.61 Å². The molecule has 0 aliphatic carbocycles. The third kappa shape index (κ3) is 13.1. The van der Waals surface area contributed by atoms with Gasteiger partial charge in [-0.1, -0.05) is 128 Å². The highest BCUT2D eigenvalue weighted by atomic mass is 28.4. The van der Waals surface area contributed by atoms with Crippen LogP contribution in [0.5, 0.6) is 11.5 Å². The summed E-state index contributed by atoms with van der Waals surface area (Å²) < 4.78 is 18.9. The normalized spacial score (nSPS) is 11.6. The van der Waals surface area contributed by atoms with Gasteiger partial charge in [-0.05, 0) is 48.3 Å². The maximum atomic E-state index is 6.49. The van der Waals surface area contributed by atoms with E-state index in [1.807, 2.05) is 42.5 Å². The second kappa shape index (κ2) is 19.5. The lowest BCUT2D eigenvalue weighted by Gasteiger charge is -2.29. The molecule has 0 fully saturated rings. The van der Waals surface area contributed by atoms with Crippen LogP contribution in [-0.2, 0) is 15.5 Å². The van der Waals surface area contributed by atoms with Crippen molar-refractivity contribution < 1.29 is 13.6 Å². The predicted molar refractivity (Wildman–Crippen MR) is 156 cm³/mol. The summed E-state index contributed by atoms with van der Waals surface area (Å²) in [6.07, 6.45) is 17.9. The van der Waals surface area contributed by atoms with Crippen LogP contribution in [0.15, 0.2) is 54.6 Å². The molecule has 2 rings (SSSR count). The first kappa shape index (κ1) is 30.6. The van der Waals surface area contributed by atoms with Crippen molar-refractivity contribution in [1.29, 1.82) is 0 Å². The van der Waals surface area contributed by atoms with Gasteiger partial charge >= 0.3 is 8.56 Å². The molecule has 0 spiro atoms. The summed E-state index contributed by atoms with van der Waals surface area (Å²) in [6, 6.07) is 20.1. The first-order valence-corrected chi connectivity index (χ1v) is 17.0. The van der Waals surface area contributed by atoms with Crippen LogP contribution in [0.25, 0.3) is 0 Å². The van der Waals surface area contributed by atoms with E-state index in [4.69, 9.17) is 13.6 Å². The van der Waals surface area contributed by atoms with Crippen LogP contribution in [0.1, 0.15) is 110 Å². The number of hydrogen-bond donors (Lipinski definition) is 0. The molecule has 0 atom stereocenters. The molecule has 0 amide bonds. The molecular weight excluding hydrogens is 460 g/mol. The van der Waals surface area contributed by atoms with Crippen LogP contribution in [0.3, 0.4) is 0 Å². The largest absolute Gasteiger partial charge is 0.457 e. The zero-order chi connectivity index (χ0) is 25.7. The molecule has 2 aromatic rings. The van der Waals surface area contributed by atoms with Gasteiger partial charge < -0.3 is 13.6 Å². The Bertz CT molecular complexity index is 776. The van der Waals surface area contributed by atoms with Crippen LogP contribution >= 0.6 is 0 Å². The fourth-order valence-corrected chi connectivity index (χ4v) is 6.96. The Morgan fingerprint density at radius 1 is 0.556 bits per heavy atom. The van der Waals surface area contributed by atoms with Gasteiger partial charge in [0.15, 0.2) is 0 Å². The molecule has 0 aromatic heterocycles. The molecule has 0 aliphatic rings. The highest BCUT2D eigenvalue weighted by Crippen LogP contribution is 2.25. The summed E-state index contributed by atoms with van der Waals surface area (Å²) >= 11 is 0. The molecule has 2 aromatic carbocycles. The van der Waals surface area contributed by atoms with Crippen LogP contribution < -0.4 is 4.74 Å². The SMILES string of the molecule is CCCCCCCCCCCCCCCO[Si](CC)(CC)OCc1cccc(Oc2ccccc2)c1. The van der Waals surface area contributed by atoms with Crippen molar-refractivity contribution in [3.8, 4) is 11.5 Å². The second-order valence-electron chi connectivity index (χ2n) is 10.1. The molecule has 0 saturated carbocycles. The van der Waals surface area contributed by atoms with Gasteiger partial charge in [0.1, 0.15) is 11.5 Å². The van der Waals surface area contributed by atoms with Crippen molar-refractivity contribution in [2.45, 2.75) is 123 Å². The van der Waals surface area contributed by atoms with Crippen molar-refractivity contribution in [2.75, 3.05) is 6.61 Å². The smallest absolute Gasteiger partial charge is 0.337 e. The Morgan fingerprint density at radius 2 is 1.11 bits per heavy atom. The maximum Gasteiger partial charge on any atom is 0.337 e. The lowest BCUT2D eigenvalue weighted by atomic mass is 10.0. The highest BCUT2D eigenvalue weighted by molar-refractivity contribution is 6.67. The number of rotatable bonds is 22. The van der Waals surface area contributed by atoms with Crippen LogP contribution in [0.2, 0.25) is 12.1 Å². The van der Waals surface area contributed by atoms with E-state index in [9.17, 15) is 0 Å². The van der Waals surface area contributed by atoms with E-state index in [0.717, 1.165) is 42.2 Å². The van der Waals surface area contributed by atoms with Crippen LogP contribution in [0, 0.1) is 0 Å². The Balaban J connectivity index is 1.59. The Morgan fingerprint density at radius 3 is 1.69 bits per heavy atom. The van der Waals surface area contributed by atoms with Gasteiger partial charge in [0.05, 0.1) is 6.61 Å². The van der Waals surface area contributed by atoms with Crippen molar-refractivity contribution in [1.82, 2.24) is 0 Å². The van der Waals surface area contributed by atoms with E-state index < -0.39 is 8.56 Å². The van der Waals surface area contributed by atoms with Crippen molar-refractivity contribution in [3.63, 3.8) is 0 Å². The van der Waals surface area contributed by atoms with Gasteiger partial charge in [-0.15, -0.1) is 0 Å². The number of para-hydroxylation sites is 1. The molecule has 202 valence electrons. The average Bonchev–Trinajstić information content (AvgIpc) is 2.91. The second-order valence-corrected chi connectivity index (χ2v) is 13.9. The van der Waals surface area contributed by atoms with Gasteiger partial charge in [-0.3, -0.25) is 0 Å². The van der Waals surface area contributed by atoms with Crippen molar-refractivity contribution >= 4 is 8.56 Å². The van der Waals surface area contributed by atoms with E-state index >= 15 is 0 Å². The van der Waals surface area contributed by atoms with Crippen molar-refractivity contribution in [3.05, 3.63) is 60.2 Å². The van der Waals surface area contributed by atoms with E-state index in [1.54, 1.807) is 0 Å². The number of benzene rings is 2. The summed E-state index contributed by atoms with van der Waals surface area (Å²) in [4.78, 5) is 0. The van der Waals surface area contributed by atoms with Crippen molar-refractivity contribution in [2.24, 2.45) is 0 Å². The molecule has 0 radical (unpaired) electrons. The minimum absolute atomic E-state index is 0.582. The third-order valence-electron chi connectivity index (χ3n) is 7.07. The molecule has 0 aliphatic heterocycles. The topological polar surface area (TPSA) is 27.7 Å². The Kier molecular flexibility index (Phi) is 16.6. The zero-order valence-electron chi connectivity index (χ0n) is 23.4. The fraction of sp³-hybridized carbons (Fsp3) is 0.625. The standard InChI is InChI=1S/C32H52O3Si/c1-4-7-8-9-10-11-12-13-14-15-16-17-21-27-33-36(5-2,6-3)34-29-30-23-22-26-32(28-30)35-31-24-19-18-20-25-31/h18-20,22-26,28H,4-17,21,27,29H2,1-3H3. The van der Waals surface area contributed by atoms with Gasteiger partial charge in [0.2, 0.25) is 0 Å². The fourth-order valence-electron chi connectivity index (χ4n) is 4.62. The first-order valence-electron chi connectivity index (χ1n) is 14.8. The molecular formula is C32H52O3Si. The molecule has 0 heterocycles. The van der Waals surface area contributed by atoms with E-state index in [2.05, 4.69) is 32.9 Å².